The van der Waals surface area contributed by atoms with Gasteiger partial charge in [-0.15, -0.1) is 0 Å². The van der Waals surface area contributed by atoms with Crippen molar-refractivity contribution in [1.82, 2.24) is 5.32 Å². The molecular weight excluding hydrogens is 280 g/mol. The molecule has 1 aromatic carbocycles. The summed E-state index contributed by atoms with van der Waals surface area (Å²) < 4.78 is 1.06. The molecule has 1 aliphatic heterocycles. The van der Waals surface area contributed by atoms with E-state index in [0.717, 1.165) is 41.7 Å². The third-order valence-electron chi connectivity index (χ3n) is 3.09. The second-order valence-corrected chi connectivity index (χ2v) is 5.35. The summed E-state index contributed by atoms with van der Waals surface area (Å²) in [6.45, 7) is 3.84. The highest BCUT2D eigenvalue weighted by molar-refractivity contribution is 9.10. The predicted molar refractivity (Wildman–Crippen MR) is 73.1 cm³/mol. The van der Waals surface area contributed by atoms with Crippen molar-refractivity contribution in [3.63, 3.8) is 0 Å². The SMILES string of the molecule is Cc1cc(NC(=O)[C@H]2CCCNC2)ccc1Br. The number of hydrogen-bond acceptors (Lipinski definition) is 2. The van der Waals surface area contributed by atoms with Gasteiger partial charge in [-0.3, -0.25) is 4.79 Å². The number of benzene rings is 1. The predicted octanol–water partition coefficient (Wildman–Crippen LogP) is 2.70. The summed E-state index contributed by atoms with van der Waals surface area (Å²) in [7, 11) is 0. The minimum Gasteiger partial charge on any atom is -0.326 e. The monoisotopic (exact) mass is 296 g/mol. The van der Waals surface area contributed by atoms with Gasteiger partial charge < -0.3 is 10.6 Å². The number of carbonyl (C=O) groups excluding carboxylic acids is 1. The molecule has 0 aliphatic carbocycles. The van der Waals surface area contributed by atoms with Crippen LogP contribution in [-0.4, -0.2) is 19.0 Å². The quantitative estimate of drug-likeness (QED) is 0.881. The number of hydrogen-bond donors (Lipinski definition) is 2. The highest BCUT2D eigenvalue weighted by Gasteiger charge is 2.20. The van der Waals surface area contributed by atoms with Gasteiger partial charge in [0.2, 0.25) is 5.91 Å². The van der Waals surface area contributed by atoms with Crippen LogP contribution in [0.25, 0.3) is 0 Å². The molecule has 2 N–H and O–H groups in total. The summed E-state index contributed by atoms with van der Waals surface area (Å²) in [4.78, 5) is 12.0. The zero-order chi connectivity index (χ0) is 12.3. The molecule has 1 aromatic rings. The maximum Gasteiger partial charge on any atom is 0.228 e. The fourth-order valence-corrected chi connectivity index (χ4v) is 2.29. The summed E-state index contributed by atoms with van der Waals surface area (Å²) in [5.74, 6) is 0.228. The van der Waals surface area contributed by atoms with Crippen molar-refractivity contribution < 1.29 is 4.79 Å². The number of piperidine rings is 1. The van der Waals surface area contributed by atoms with Crippen LogP contribution in [0.3, 0.4) is 0 Å². The summed E-state index contributed by atoms with van der Waals surface area (Å²) in [6.07, 6.45) is 2.06. The van der Waals surface area contributed by atoms with E-state index in [0.29, 0.717) is 0 Å². The number of halogens is 1. The van der Waals surface area contributed by atoms with E-state index in [4.69, 9.17) is 0 Å². The molecule has 0 aromatic heterocycles. The number of rotatable bonds is 2. The van der Waals surface area contributed by atoms with Gasteiger partial charge >= 0.3 is 0 Å². The van der Waals surface area contributed by atoms with E-state index in [-0.39, 0.29) is 11.8 Å². The third kappa shape index (κ3) is 3.30. The Kier molecular flexibility index (Phi) is 4.18. The molecule has 1 amide bonds. The van der Waals surface area contributed by atoms with Gasteiger partial charge in [0.1, 0.15) is 0 Å². The molecule has 0 bridgehead atoms. The summed E-state index contributed by atoms with van der Waals surface area (Å²) in [6, 6.07) is 5.87. The number of nitrogens with one attached hydrogen (secondary N) is 2. The van der Waals surface area contributed by atoms with Gasteiger partial charge in [0.05, 0.1) is 5.92 Å². The fourth-order valence-electron chi connectivity index (χ4n) is 2.04. The summed E-state index contributed by atoms with van der Waals surface area (Å²) >= 11 is 3.45. The lowest BCUT2D eigenvalue weighted by Gasteiger charge is -2.22. The second kappa shape index (κ2) is 5.65. The van der Waals surface area contributed by atoms with E-state index in [1.165, 1.54) is 0 Å². The van der Waals surface area contributed by atoms with Gasteiger partial charge in [-0.25, -0.2) is 0 Å². The average molecular weight is 297 g/mol. The molecule has 3 nitrogen and oxygen atoms in total. The topological polar surface area (TPSA) is 41.1 Å². The van der Waals surface area contributed by atoms with E-state index in [9.17, 15) is 4.79 Å². The van der Waals surface area contributed by atoms with Crippen molar-refractivity contribution in [2.45, 2.75) is 19.8 Å². The molecule has 0 unspecified atom stereocenters. The lowest BCUT2D eigenvalue weighted by Crippen LogP contribution is -2.37. The zero-order valence-corrected chi connectivity index (χ0v) is 11.5. The highest BCUT2D eigenvalue weighted by atomic mass is 79.9. The van der Waals surface area contributed by atoms with Crippen LogP contribution < -0.4 is 10.6 Å². The lowest BCUT2D eigenvalue weighted by atomic mass is 9.99. The van der Waals surface area contributed by atoms with E-state index < -0.39 is 0 Å². The lowest BCUT2D eigenvalue weighted by molar-refractivity contribution is -0.120. The van der Waals surface area contributed by atoms with Crippen LogP contribution in [0.2, 0.25) is 0 Å². The molecule has 4 heteroatoms. The molecule has 1 atom stereocenters. The van der Waals surface area contributed by atoms with E-state index in [1.54, 1.807) is 0 Å². The van der Waals surface area contributed by atoms with Gasteiger partial charge in [0.25, 0.3) is 0 Å². The first kappa shape index (κ1) is 12.6. The van der Waals surface area contributed by atoms with E-state index in [2.05, 4.69) is 26.6 Å². The molecule has 0 spiro atoms. The minimum atomic E-state index is 0.104. The maximum absolute atomic E-state index is 12.0. The average Bonchev–Trinajstić information content (AvgIpc) is 2.35. The molecule has 2 rings (SSSR count). The second-order valence-electron chi connectivity index (χ2n) is 4.50. The van der Waals surface area contributed by atoms with Crippen molar-refractivity contribution in [2.24, 2.45) is 5.92 Å². The van der Waals surface area contributed by atoms with Gasteiger partial charge in [-0.05, 0) is 50.1 Å². The van der Waals surface area contributed by atoms with Crippen molar-refractivity contribution >= 4 is 27.5 Å². The Hall–Kier alpha value is -0.870. The van der Waals surface area contributed by atoms with Crippen LogP contribution in [0.5, 0.6) is 0 Å². The maximum atomic E-state index is 12.0. The van der Waals surface area contributed by atoms with Gasteiger partial charge in [-0.1, -0.05) is 15.9 Å². The molecule has 1 fully saturated rings. The van der Waals surface area contributed by atoms with Crippen molar-refractivity contribution in [1.29, 1.82) is 0 Å². The van der Waals surface area contributed by atoms with Crippen LogP contribution in [0.4, 0.5) is 5.69 Å². The Bertz CT molecular complexity index is 414. The Morgan fingerprint density at radius 1 is 1.53 bits per heavy atom. The first-order valence-corrected chi connectivity index (χ1v) is 6.74. The normalized spacial score (nSPS) is 20.0. The Morgan fingerprint density at radius 3 is 3.00 bits per heavy atom. The third-order valence-corrected chi connectivity index (χ3v) is 3.98. The molecule has 1 heterocycles. The summed E-state index contributed by atoms with van der Waals surface area (Å²) in [5.41, 5.74) is 2.01. The molecule has 1 aliphatic rings. The molecule has 92 valence electrons. The number of amides is 1. The molecule has 1 saturated heterocycles. The first-order chi connectivity index (χ1) is 8.16. The smallest absolute Gasteiger partial charge is 0.228 e. The van der Waals surface area contributed by atoms with Gasteiger partial charge in [0.15, 0.2) is 0 Å². The highest BCUT2D eigenvalue weighted by Crippen LogP contribution is 2.21. The van der Waals surface area contributed by atoms with Crippen LogP contribution in [-0.2, 0) is 4.79 Å². The Balaban J connectivity index is 1.99. The first-order valence-electron chi connectivity index (χ1n) is 5.94. The Morgan fingerprint density at radius 2 is 2.35 bits per heavy atom. The van der Waals surface area contributed by atoms with Gasteiger partial charge in [0, 0.05) is 16.7 Å². The molecule has 0 radical (unpaired) electrons. The largest absolute Gasteiger partial charge is 0.326 e. The van der Waals surface area contributed by atoms with Crippen LogP contribution in [0.15, 0.2) is 22.7 Å². The van der Waals surface area contributed by atoms with Crippen LogP contribution >= 0.6 is 15.9 Å². The number of anilines is 1. The number of aryl methyl sites for hydroxylation is 1. The van der Waals surface area contributed by atoms with Crippen molar-refractivity contribution in [3.05, 3.63) is 28.2 Å². The fraction of sp³-hybridized carbons (Fsp3) is 0.462. The molecule has 0 saturated carbocycles. The minimum absolute atomic E-state index is 0.104. The van der Waals surface area contributed by atoms with E-state index in [1.807, 2.05) is 25.1 Å². The van der Waals surface area contributed by atoms with Crippen molar-refractivity contribution in [2.75, 3.05) is 18.4 Å². The van der Waals surface area contributed by atoms with Crippen LogP contribution in [0, 0.1) is 12.8 Å². The molecule has 17 heavy (non-hydrogen) atoms. The standard InChI is InChI=1S/C13H17BrN2O/c1-9-7-11(4-5-12(9)14)16-13(17)10-3-2-6-15-8-10/h4-5,7,10,15H,2-3,6,8H2,1H3,(H,16,17)/t10-/m0/s1. The summed E-state index contributed by atoms with van der Waals surface area (Å²) in [5, 5.41) is 6.23. The van der Waals surface area contributed by atoms with Crippen LogP contribution in [0.1, 0.15) is 18.4 Å². The van der Waals surface area contributed by atoms with Gasteiger partial charge in [-0.2, -0.15) is 0 Å². The molecular formula is C13H17BrN2O. The Labute approximate surface area is 110 Å². The zero-order valence-electron chi connectivity index (χ0n) is 9.92. The van der Waals surface area contributed by atoms with E-state index >= 15 is 0 Å². The van der Waals surface area contributed by atoms with Crippen molar-refractivity contribution in [3.8, 4) is 0 Å². The number of carbonyl (C=O) groups is 1.